The first-order valence-corrected chi connectivity index (χ1v) is 18.2. The number of halogens is 4. The van der Waals surface area contributed by atoms with Crippen LogP contribution >= 0.6 is 22.9 Å². The summed E-state index contributed by atoms with van der Waals surface area (Å²) in [5, 5.41) is 9.37. The van der Waals surface area contributed by atoms with E-state index in [1.54, 1.807) is 36.8 Å². The summed E-state index contributed by atoms with van der Waals surface area (Å²) in [4.78, 5) is 28.5. The highest BCUT2D eigenvalue weighted by Gasteiger charge is 2.57. The van der Waals surface area contributed by atoms with Gasteiger partial charge in [-0.05, 0) is 50.1 Å². The summed E-state index contributed by atoms with van der Waals surface area (Å²) < 4.78 is 71.5. The molecule has 2 fully saturated rings. The summed E-state index contributed by atoms with van der Waals surface area (Å²) in [5.41, 5.74) is 2.28. The van der Waals surface area contributed by atoms with Crippen molar-refractivity contribution in [1.29, 1.82) is 0 Å². The molecule has 5 heterocycles. The van der Waals surface area contributed by atoms with Crippen LogP contribution in [0.15, 0.2) is 77.1 Å². The maximum absolute atomic E-state index is 14.1. The molecular weight excluding hydrogens is 701 g/mol. The molecule has 0 radical (unpaired) electrons. The van der Waals surface area contributed by atoms with E-state index in [4.69, 9.17) is 16.6 Å². The number of hydrogen-bond donors (Lipinski definition) is 2. The van der Waals surface area contributed by atoms with E-state index >= 15 is 0 Å². The van der Waals surface area contributed by atoms with Gasteiger partial charge in [0.15, 0.2) is 10.8 Å². The van der Waals surface area contributed by atoms with Crippen molar-refractivity contribution < 1.29 is 26.4 Å². The molecule has 49 heavy (non-hydrogen) atoms. The highest BCUT2D eigenvalue weighted by molar-refractivity contribution is 7.91. The number of hydrogen-bond acceptors (Lipinski definition) is 9. The molecule has 1 aliphatic carbocycles. The van der Waals surface area contributed by atoms with Crippen LogP contribution in [-0.4, -0.2) is 62.1 Å². The van der Waals surface area contributed by atoms with Crippen molar-refractivity contribution >= 4 is 50.3 Å². The third-order valence-corrected chi connectivity index (χ3v) is 12.3. The van der Waals surface area contributed by atoms with Gasteiger partial charge < -0.3 is 10.2 Å². The molecule has 4 aromatic rings. The Morgan fingerprint density at radius 1 is 1.16 bits per heavy atom. The Labute approximate surface area is 289 Å². The van der Waals surface area contributed by atoms with Crippen LogP contribution in [0.1, 0.15) is 73.2 Å². The molecule has 0 bridgehead atoms. The number of benzene rings is 1. The molecule has 3 atom stereocenters. The van der Waals surface area contributed by atoms with Crippen LogP contribution in [0.2, 0.25) is 5.02 Å². The van der Waals surface area contributed by atoms with Gasteiger partial charge in [0.1, 0.15) is 11.9 Å². The largest absolute Gasteiger partial charge is 0.348 e. The van der Waals surface area contributed by atoms with Gasteiger partial charge in [-0.15, -0.1) is 11.3 Å². The molecule has 256 valence electrons. The second-order valence-electron chi connectivity index (χ2n) is 12.2. The number of nitrogens with zero attached hydrogens (tertiary/aromatic N) is 6. The molecule has 1 aromatic carbocycles. The molecule has 7 rings (SSSR count). The first-order valence-electron chi connectivity index (χ1n) is 15.4. The zero-order valence-electron chi connectivity index (χ0n) is 25.9. The number of thiazole rings is 1. The van der Waals surface area contributed by atoms with Crippen molar-refractivity contribution in [2.24, 2.45) is 4.99 Å². The van der Waals surface area contributed by atoms with Crippen molar-refractivity contribution in [2.75, 3.05) is 6.54 Å². The lowest BCUT2D eigenvalue weighted by Gasteiger charge is -2.32. The van der Waals surface area contributed by atoms with Crippen LogP contribution < -0.4 is 10.0 Å². The molecule has 3 aliphatic rings. The molecule has 11 nitrogen and oxygen atoms in total. The number of sulfonamides is 1. The normalized spacial score (nSPS) is 20.7. The van der Waals surface area contributed by atoms with E-state index in [0.29, 0.717) is 50.9 Å². The highest BCUT2D eigenvalue weighted by Crippen LogP contribution is 2.49. The van der Waals surface area contributed by atoms with Crippen molar-refractivity contribution in [2.45, 2.75) is 62.0 Å². The average molecular weight is 731 g/mol. The zero-order chi connectivity index (χ0) is 34.5. The predicted molar refractivity (Wildman–Crippen MR) is 178 cm³/mol. The van der Waals surface area contributed by atoms with Crippen molar-refractivity contribution in [1.82, 2.24) is 34.7 Å². The molecule has 2 aliphatic heterocycles. The third-order valence-electron chi connectivity index (χ3n) is 8.92. The SMILES string of the molecule is C[C@@H](NC(=O)CC1(S(=O)(=O)N[C@H]2CC3=C(c4ccn(C(F)F)n4)[C@H](c4ccc(F)cc4Cl)N=C(c4nccs4)N3C2)CC1)c1ccccn1. The lowest BCUT2D eigenvalue weighted by molar-refractivity contribution is -0.121. The van der Waals surface area contributed by atoms with Crippen LogP contribution in [0.25, 0.3) is 5.57 Å². The van der Waals surface area contributed by atoms with Gasteiger partial charge in [-0.2, -0.15) is 13.9 Å². The molecule has 1 amide bonds. The van der Waals surface area contributed by atoms with Crippen molar-refractivity contribution in [3.8, 4) is 0 Å². The molecule has 3 aromatic heterocycles. The number of amides is 1. The summed E-state index contributed by atoms with van der Waals surface area (Å²) >= 11 is 7.86. The van der Waals surface area contributed by atoms with Gasteiger partial charge in [-0.3, -0.25) is 14.8 Å². The summed E-state index contributed by atoms with van der Waals surface area (Å²) in [7, 11) is -4.02. The van der Waals surface area contributed by atoms with Crippen LogP contribution in [0.4, 0.5) is 13.2 Å². The fraction of sp³-hybridized carbons (Fsp3) is 0.344. The van der Waals surface area contributed by atoms with Gasteiger partial charge in [-0.1, -0.05) is 23.7 Å². The zero-order valence-corrected chi connectivity index (χ0v) is 28.3. The van der Waals surface area contributed by atoms with Gasteiger partial charge in [0.05, 0.1) is 22.2 Å². The molecule has 17 heteroatoms. The maximum Gasteiger partial charge on any atom is 0.333 e. The van der Waals surface area contributed by atoms with Gasteiger partial charge in [0, 0.05) is 71.3 Å². The van der Waals surface area contributed by atoms with E-state index in [2.05, 4.69) is 25.1 Å². The number of aromatic nitrogens is 4. The van der Waals surface area contributed by atoms with Crippen LogP contribution in [-0.2, 0) is 14.8 Å². The van der Waals surface area contributed by atoms with E-state index in [-0.39, 0.29) is 30.1 Å². The molecule has 0 unspecified atom stereocenters. The highest BCUT2D eigenvalue weighted by atomic mass is 35.5. The lowest BCUT2D eigenvalue weighted by atomic mass is 9.92. The second kappa shape index (κ2) is 13.0. The monoisotopic (exact) mass is 730 g/mol. The lowest BCUT2D eigenvalue weighted by Crippen LogP contribution is -2.46. The Morgan fingerprint density at radius 3 is 2.63 bits per heavy atom. The Hall–Kier alpha value is -4.12. The summed E-state index contributed by atoms with van der Waals surface area (Å²) in [5.74, 6) is -0.532. The first kappa shape index (κ1) is 33.4. The van der Waals surface area contributed by atoms with Gasteiger partial charge >= 0.3 is 6.55 Å². The van der Waals surface area contributed by atoms with Gasteiger partial charge in [0.25, 0.3) is 0 Å². The number of carbonyl (C=O) groups excluding carboxylic acids is 1. The van der Waals surface area contributed by atoms with Gasteiger partial charge in [-0.25, -0.2) is 27.2 Å². The minimum Gasteiger partial charge on any atom is -0.348 e. The number of fused-ring (bicyclic) bond motifs is 1. The molecule has 1 saturated heterocycles. The first-order chi connectivity index (χ1) is 23.4. The Morgan fingerprint density at radius 2 is 1.98 bits per heavy atom. The number of carbonyl (C=O) groups is 1. The number of alkyl halides is 2. The molecular formula is C32H30ClF3N8O3S2. The fourth-order valence-electron chi connectivity index (χ4n) is 6.35. The fourth-order valence-corrected chi connectivity index (χ4v) is 9.07. The van der Waals surface area contributed by atoms with Crippen LogP contribution in [0.3, 0.4) is 0 Å². The van der Waals surface area contributed by atoms with Gasteiger partial charge in [0.2, 0.25) is 15.9 Å². The summed E-state index contributed by atoms with van der Waals surface area (Å²) in [6.45, 7) is -0.969. The van der Waals surface area contributed by atoms with E-state index in [9.17, 15) is 26.4 Å². The topological polar surface area (TPSA) is 134 Å². The summed E-state index contributed by atoms with van der Waals surface area (Å²) in [6, 6.07) is 8.69. The Bertz CT molecular complexity index is 2050. The van der Waals surface area contributed by atoms with Crippen LogP contribution in [0, 0.1) is 5.82 Å². The van der Waals surface area contributed by atoms with E-state index in [0.717, 1.165) is 12.3 Å². The average Bonchev–Trinajstić information content (AvgIpc) is 3.44. The number of nitrogens with one attached hydrogen (secondary N) is 2. The Kier molecular flexibility index (Phi) is 8.83. The molecule has 1 saturated carbocycles. The number of aliphatic imine (C=N–C) groups is 1. The molecule has 0 spiro atoms. The standard InChI is InChI=1S/C32H30ClF3N8O3S2/c1-18(23-4-2-3-10-37-23)39-26(45)16-32(8-9-32)49(46,47)42-20-15-25-27(24-7-12-44(41-24)31(35)36)28(21-6-5-19(34)14-22(21)33)40-29(43(25)17-20)30-38-11-13-48-30/h2-7,10-14,18,20,28,31,42H,8-9,15-17H2,1H3,(H,39,45)/t18-,20+,28+/m1/s1. The van der Waals surface area contributed by atoms with Crippen LogP contribution in [0.5, 0.6) is 0 Å². The summed E-state index contributed by atoms with van der Waals surface area (Å²) in [6.07, 6.45) is 4.95. The Balaban J connectivity index is 1.21. The maximum atomic E-state index is 14.1. The van der Waals surface area contributed by atoms with E-state index < -0.39 is 51.2 Å². The number of amidine groups is 1. The second-order valence-corrected chi connectivity index (χ2v) is 15.6. The number of pyridine rings is 1. The predicted octanol–water partition coefficient (Wildman–Crippen LogP) is 5.63. The van der Waals surface area contributed by atoms with E-state index in [1.165, 1.54) is 29.5 Å². The minimum absolute atomic E-state index is 0.0775. The minimum atomic E-state index is -4.02. The van der Waals surface area contributed by atoms with Crippen molar-refractivity contribution in [3.63, 3.8) is 0 Å². The molecule has 2 N–H and O–H groups in total. The van der Waals surface area contributed by atoms with Crippen molar-refractivity contribution in [3.05, 3.63) is 105 Å². The number of rotatable bonds is 11. The quantitative estimate of drug-likeness (QED) is 0.204. The van der Waals surface area contributed by atoms with E-state index in [1.807, 2.05) is 11.0 Å². The smallest absolute Gasteiger partial charge is 0.333 e. The third kappa shape index (κ3) is 6.49.